The molecule has 2 aromatic rings. The Bertz CT molecular complexity index is 896. The molecule has 0 spiro atoms. The first-order valence-corrected chi connectivity index (χ1v) is 9.84. The smallest absolute Gasteiger partial charge is 0.236 e. The number of fused-ring (bicyclic) bond motifs is 1. The van der Waals surface area contributed by atoms with Gasteiger partial charge in [0.05, 0.1) is 12.0 Å². The minimum Gasteiger partial charge on any atom is -0.338 e. The Hall–Kier alpha value is -2.91. The summed E-state index contributed by atoms with van der Waals surface area (Å²) < 4.78 is 0. The van der Waals surface area contributed by atoms with Crippen LogP contribution >= 0.6 is 0 Å². The van der Waals surface area contributed by atoms with Gasteiger partial charge in [0.25, 0.3) is 0 Å². The number of nitrogens with zero attached hydrogens (tertiary/aromatic N) is 4. The highest BCUT2D eigenvalue weighted by atomic mass is 16.2. The van der Waals surface area contributed by atoms with Crippen molar-refractivity contribution in [3.05, 3.63) is 48.3 Å². The molecule has 3 heterocycles. The van der Waals surface area contributed by atoms with Gasteiger partial charge < -0.3 is 10.2 Å². The summed E-state index contributed by atoms with van der Waals surface area (Å²) in [6.45, 7) is 6.48. The van der Waals surface area contributed by atoms with Crippen LogP contribution in [0.5, 0.6) is 0 Å². The van der Waals surface area contributed by atoms with Gasteiger partial charge in [-0.2, -0.15) is 0 Å². The van der Waals surface area contributed by atoms with E-state index in [1.807, 2.05) is 30.3 Å². The van der Waals surface area contributed by atoms with E-state index in [0.717, 1.165) is 56.3 Å². The number of hydrogen-bond donors (Lipinski definition) is 1. The molecule has 1 aromatic heterocycles. The van der Waals surface area contributed by atoms with E-state index in [9.17, 15) is 4.79 Å². The lowest BCUT2D eigenvalue weighted by molar-refractivity contribution is -0.120. The molecule has 1 atom stereocenters. The number of carbonyl (C=O) groups is 1. The first-order valence-electron chi connectivity index (χ1n) is 9.84. The minimum atomic E-state index is -0.521. The van der Waals surface area contributed by atoms with E-state index in [4.69, 9.17) is 0 Å². The van der Waals surface area contributed by atoms with Gasteiger partial charge in [0, 0.05) is 50.7 Å². The van der Waals surface area contributed by atoms with Gasteiger partial charge in [-0.25, -0.2) is 9.97 Å². The number of hydrogen-bond acceptors (Lipinski definition) is 5. The first-order chi connectivity index (χ1) is 13.7. The molecule has 1 fully saturated rings. The number of piperazine rings is 1. The summed E-state index contributed by atoms with van der Waals surface area (Å²) in [6.07, 6.45) is 4.87. The molecule has 144 valence electrons. The summed E-state index contributed by atoms with van der Waals surface area (Å²) >= 11 is 0. The van der Waals surface area contributed by atoms with Crippen LogP contribution in [0.1, 0.15) is 25.3 Å². The largest absolute Gasteiger partial charge is 0.338 e. The molecule has 1 amide bonds. The molecule has 2 aliphatic heterocycles. The fraction of sp³-hybridized carbons (Fsp3) is 0.409. The molecular weight excluding hydrogens is 350 g/mol. The summed E-state index contributed by atoms with van der Waals surface area (Å²) in [4.78, 5) is 25.8. The molecule has 0 bridgehead atoms. The van der Waals surface area contributed by atoms with Crippen LogP contribution in [0.3, 0.4) is 0 Å². The molecule has 28 heavy (non-hydrogen) atoms. The Morgan fingerprint density at radius 3 is 2.57 bits per heavy atom. The number of rotatable bonds is 4. The molecule has 1 unspecified atom stereocenters. The fourth-order valence-electron chi connectivity index (χ4n) is 3.97. The zero-order valence-corrected chi connectivity index (χ0v) is 16.2. The third-order valence-electron chi connectivity index (χ3n) is 5.75. The lowest BCUT2D eigenvalue weighted by atomic mass is 9.76. The molecule has 2 aliphatic rings. The SMILES string of the molecule is CCC1(CC#CCN2CCN(c3ncccn3)CC2)C(=O)Nc2ccccc21. The van der Waals surface area contributed by atoms with Crippen LogP contribution in [0.25, 0.3) is 0 Å². The van der Waals surface area contributed by atoms with Crippen LogP contribution in [-0.4, -0.2) is 53.5 Å². The van der Waals surface area contributed by atoms with Gasteiger partial charge in [0.1, 0.15) is 0 Å². The second-order valence-corrected chi connectivity index (χ2v) is 7.28. The predicted molar refractivity (Wildman–Crippen MR) is 110 cm³/mol. The molecule has 0 radical (unpaired) electrons. The van der Waals surface area contributed by atoms with Gasteiger partial charge in [0.15, 0.2) is 0 Å². The Morgan fingerprint density at radius 2 is 1.82 bits per heavy atom. The van der Waals surface area contributed by atoms with E-state index in [1.165, 1.54) is 0 Å². The molecule has 4 rings (SSSR count). The Morgan fingerprint density at radius 1 is 1.07 bits per heavy atom. The Kier molecular flexibility index (Phi) is 5.27. The van der Waals surface area contributed by atoms with Gasteiger partial charge in [-0.1, -0.05) is 31.0 Å². The summed E-state index contributed by atoms with van der Waals surface area (Å²) in [5, 5.41) is 3.02. The number of amides is 1. The van der Waals surface area contributed by atoms with E-state index >= 15 is 0 Å². The molecule has 1 N–H and O–H groups in total. The maximum absolute atomic E-state index is 12.6. The molecule has 0 aliphatic carbocycles. The zero-order chi connectivity index (χ0) is 19.4. The normalized spacial score (nSPS) is 21.6. The van der Waals surface area contributed by atoms with E-state index < -0.39 is 5.41 Å². The molecule has 6 nitrogen and oxygen atoms in total. The minimum absolute atomic E-state index is 0.0713. The summed E-state index contributed by atoms with van der Waals surface area (Å²) in [6, 6.07) is 9.79. The van der Waals surface area contributed by atoms with Crippen molar-refractivity contribution < 1.29 is 4.79 Å². The van der Waals surface area contributed by atoms with Crippen LogP contribution in [0.2, 0.25) is 0 Å². The average molecular weight is 375 g/mol. The van der Waals surface area contributed by atoms with Crippen LogP contribution in [0, 0.1) is 11.8 Å². The van der Waals surface area contributed by atoms with Gasteiger partial charge in [0.2, 0.25) is 11.9 Å². The maximum atomic E-state index is 12.6. The number of aromatic nitrogens is 2. The van der Waals surface area contributed by atoms with Crippen LogP contribution in [0.4, 0.5) is 11.6 Å². The lowest BCUT2D eigenvalue weighted by Gasteiger charge is -2.33. The average Bonchev–Trinajstić information content (AvgIpc) is 3.04. The Labute approximate surface area is 166 Å². The summed E-state index contributed by atoms with van der Waals surface area (Å²) in [5.74, 6) is 7.45. The van der Waals surface area contributed by atoms with Gasteiger partial charge >= 0.3 is 0 Å². The van der Waals surface area contributed by atoms with Crippen molar-refractivity contribution in [2.45, 2.75) is 25.2 Å². The van der Waals surface area contributed by atoms with Gasteiger partial charge in [-0.05, 0) is 24.1 Å². The number of carbonyl (C=O) groups excluding carboxylic acids is 1. The quantitative estimate of drug-likeness (QED) is 0.831. The summed E-state index contributed by atoms with van der Waals surface area (Å²) in [7, 11) is 0. The molecule has 1 aromatic carbocycles. The van der Waals surface area contributed by atoms with Crippen LogP contribution < -0.4 is 10.2 Å². The molecule has 0 saturated carbocycles. The molecular formula is C22H25N5O. The third-order valence-corrected chi connectivity index (χ3v) is 5.75. The topological polar surface area (TPSA) is 61.4 Å². The molecule has 1 saturated heterocycles. The number of nitrogens with one attached hydrogen (secondary N) is 1. The van der Waals surface area contributed by atoms with E-state index in [-0.39, 0.29) is 5.91 Å². The predicted octanol–water partition coefficient (Wildman–Crippen LogP) is 2.29. The van der Waals surface area contributed by atoms with E-state index in [2.05, 4.69) is 43.8 Å². The van der Waals surface area contributed by atoms with E-state index in [0.29, 0.717) is 6.42 Å². The Balaban J connectivity index is 1.34. The first kappa shape index (κ1) is 18.5. The maximum Gasteiger partial charge on any atom is 0.236 e. The van der Waals surface area contributed by atoms with E-state index in [1.54, 1.807) is 12.4 Å². The van der Waals surface area contributed by atoms with Crippen molar-refractivity contribution in [2.24, 2.45) is 0 Å². The standard InChI is InChI=1S/C22H25N5O/c1-2-22(18-8-3-4-9-19(18)25-20(22)28)10-5-6-13-26-14-16-27(17-15-26)21-23-11-7-12-24-21/h3-4,7-9,11-12H,2,10,13-17H2,1H3,(H,25,28). The zero-order valence-electron chi connectivity index (χ0n) is 16.2. The van der Waals surface area contributed by atoms with Crippen molar-refractivity contribution in [1.82, 2.24) is 14.9 Å². The van der Waals surface area contributed by atoms with Crippen LogP contribution in [0.15, 0.2) is 42.7 Å². The van der Waals surface area contributed by atoms with Crippen LogP contribution in [-0.2, 0) is 10.2 Å². The second-order valence-electron chi connectivity index (χ2n) is 7.28. The monoisotopic (exact) mass is 375 g/mol. The van der Waals surface area contributed by atoms with Gasteiger partial charge in [-0.3, -0.25) is 9.69 Å². The highest BCUT2D eigenvalue weighted by molar-refractivity contribution is 6.06. The highest BCUT2D eigenvalue weighted by Crippen LogP contribution is 2.42. The fourth-order valence-corrected chi connectivity index (χ4v) is 3.97. The number of anilines is 2. The highest BCUT2D eigenvalue weighted by Gasteiger charge is 2.44. The number of para-hydroxylation sites is 1. The van der Waals surface area contributed by atoms with Crippen molar-refractivity contribution >= 4 is 17.5 Å². The van der Waals surface area contributed by atoms with Crippen molar-refractivity contribution in [2.75, 3.05) is 42.9 Å². The van der Waals surface area contributed by atoms with Crippen molar-refractivity contribution in [1.29, 1.82) is 0 Å². The lowest BCUT2D eigenvalue weighted by Crippen LogP contribution is -2.47. The molecule has 6 heteroatoms. The van der Waals surface area contributed by atoms with Crippen molar-refractivity contribution in [3.8, 4) is 11.8 Å². The summed E-state index contributed by atoms with van der Waals surface area (Å²) in [5.41, 5.74) is 1.48. The van der Waals surface area contributed by atoms with Gasteiger partial charge in [-0.15, -0.1) is 5.92 Å². The van der Waals surface area contributed by atoms with Crippen molar-refractivity contribution in [3.63, 3.8) is 0 Å². The number of benzene rings is 1. The third kappa shape index (κ3) is 3.46. The second kappa shape index (κ2) is 7.99.